The fourth-order valence-corrected chi connectivity index (χ4v) is 1.88. The van der Waals surface area contributed by atoms with Gasteiger partial charge < -0.3 is 5.32 Å². The molecule has 104 valence electrons. The highest BCUT2D eigenvalue weighted by molar-refractivity contribution is 6.31. The molecule has 0 aliphatic heterocycles. The van der Waals surface area contributed by atoms with Crippen LogP contribution in [0.5, 0.6) is 0 Å². The Balaban J connectivity index is 2.72. The first-order valence-electron chi connectivity index (χ1n) is 6.69. The van der Waals surface area contributed by atoms with Crippen LogP contribution in [0.1, 0.15) is 32.4 Å². The van der Waals surface area contributed by atoms with E-state index in [9.17, 15) is 0 Å². The van der Waals surface area contributed by atoms with E-state index >= 15 is 0 Å². The number of nitriles is 1. The summed E-state index contributed by atoms with van der Waals surface area (Å²) in [5, 5.41) is 12.6. The van der Waals surface area contributed by atoms with Gasteiger partial charge in [0, 0.05) is 26.1 Å². The van der Waals surface area contributed by atoms with E-state index in [2.05, 4.69) is 35.1 Å². The summed E-state index contributed by atoms with van der Waals surface area (Å²) in [4.78, 5) is 6.71. The molecule has 0 aliphatic carbocycles. The highest BCUT2D eigenvalue weighted by Gasteiger charge is 2.09. The van der Waals surface area contributed by atoms with Gasteiger partial charge >= 0.3 is 0 Å². The van der Waals surface area contributed by atoms with Crippen LogP contribution in [0.25, 0.3) is 0 Å². The lowest BCUT2D eigenvalue weighted by Gasteiger charge is -2.19. The first-order valence-corrected chi connectivity index (χ1v) is 7.07. The summed E-state index contributed by atoms with van der Waals surface area (Å²) >= 11 is 6.18. The first-order chi connectivity index (χ1) is 9.21. The van der Waals surface area contributed by atoms with E-state index in [1.807, 2.05) is 12.1 Å². The Hall–Kier alpha value is -1.31. The summed E-state index contributed by atoms with van der Waals surface area (Å²) in [5.41, 5.74) is 0.863. The topological polar surface area (TPSA) is 52.0 Å². The van der Waals surface area contributed by atoms with Crippen LogP contribution in [-0.4, -0.2) is 29.5 Å². The minimum atomic E-state index is 0.527. The predicted octanol–water partition coefficient (Wildman–Crippen LogP) is 3.29. The van der Waals surface area contributed by atoms with Crippen molar-refractivity contribution in [3.05, 3.63) is 22.8 Å². The molecular weight excluding hydrogens is 260 g/mol. The van der Waals surface area contributed by atoms with E-state index in [0.29, 0.717) is 18.0 Å². The Morgan fingerprint density at radius 2 is 2.21 bits per heavy atom. The number of halogens is 1. The molecule has 0 aliphatic rings. The van der Waals surface area contributed by atoms with Gasteiger partial charge in [0.05, 0.1) is 16.8 Å². The summed E-state index contributed by atoms with van der Waals surface area (Å²) in [6, 6.07) is 5.94. The molecule has 0 saturated heterocycles. The van der Waals surface area contributed by atoms with E-state index < -0.39 is 0 Å². The van der Waals surface area contributed by atoms with Crippen LogP contribution in [0.4, 0.5) is 5.82 Å². The molecule has 0 saturated carbocycles. The van der Waals surface area contributed by atoms with Crippen molar-refractivity contribution in [2.75, 3.05) is 25.0 Å². The van der Waals surface area contributed by atoms with Gasteiger partial charge in [-0.15, -0.1) is 0 Å². The number of nitrogens with one attached hydrogen (secondary N) is 1. The number of rotatable bonds is 8. The summed E-state index contributed by atoms with van der Waals surface area (Å²) in [7, 11) is 0. The van der Waals surface area contributed by atoms with E-state index in [0.717, 1.165) is 37.6 Å². The quantitative estimate of drug-likeness (QED) is 0.794. The van der Waals surface area contributed by atoms with Crippen LogP contribution >= 0.6 is 11.6 Å². The molecule has 0 spiro atoms. The molecule has 0 radical (unpaired) electrons. The molecule has 0 unspecified atom stereocenters. The fourth-order valence-electron chi connectivity index (χ4n) is 1.72. The smallest absolute Gasteiger partial charge is 0.126 e. The van der Waals surface area contributed by atoms with Gasteiger partial charge in [0.25, 0.3) is 0 Å². The van der Waals surface area contributed by atoms with Crippen LogP contribution in [0.15, 0.2) is 12.1 Å². The normalized spacial score (nSPS) is 10.5. The molecule has 1 aromatic rings. The molecule has 1 heterocycles. The van der Waals surface area contributed by atoms with Crippen molar-refractivity contribution >= 4 is 17.4 Å². The number of nitrogens with zero attached hydrogens (tertiary/aromatic N) is 3. The molecule has 5 heteroatoms. The van der Waals surface area contributed by atoms with Crippen molar-refractivity contribution in [1.82, 2.24) is 9.88 Å². The van der Waals surface area contributed by atoms with E-state index in [1.54, 1.807) is 0 Å². The van der Waals surface area contributed by atoms with Gasteiger partial charge in [-0.1, -0.05) is 25.4 Å². The van der Waals surface area contributed by atoms with Crippen molar-refractivity contribution < 1.29 is 0 Å². The highest BCUT2D eigenvalue weighted by Crippen LogP contribution is 2.18. The monoisotopic (exact) mass is 280 g/mol. The fraction of sp³-hybridized carbons (Fsp3) is 0.571. The Morgan fingerprint density at radius 1 is 1.42 bits per heavy atom. The second-order valence-corrected chi connectivity index (χ2v) is 4.74. The number of pyridine rings is 1. The molecule has 0 atom stereocenters. The first kappa shape index (κ1) is 15.7. The maximum absolute atomic E-state index is 8.64. The van der Waals surface area contributed by atoms with Gasteiger partial charge in [-0.2, -0.15) is 5.26 Å². The lowest BCUT2D eigenvalue weighted by Crippen LogP contribution is -2.24. The van der Waals surface area contributed by atoms with Gasteiger partial charge in [0.15, 0.2) is 0 Å². The lowest BCUT2D eigenvalue weighted by molar-refractivity contribution is 0.283. The molecule has 1 aromatic heterocycles. The maximum atomic E-state index is 8.64. The van der Waals surface area contributed by atoms with Crippen molar-refractivity contribution in [1.29, 1.82) is 5.26 Å². The van der Waals surface area contributed by atoms with Crippen molar-refractivity contribution in [2.45, 2.75) is 33.2 Å². The zero-order valence-electron chi connectivity index (χ0n) is 11.6. The summed E-state index contributed by atoms with van der Waals surface area (Å²) < 4.78 is 0. The number of aromatic nitrogens is 1. The summed E-state index contributed by atoms with van der Waals surface area (Å²) in [5.74, 6) is 0.859. The number of anilines is 1. The Labute approximate surface area is 120 Å². The molecule has 1 rings (SSSR count). The van der Waals surface area contributed by atoms with Crippen molar-refractivity contribution in [2.24, 2.45) is 0 Å². The van der Waals surface area contributed by atoms with Gasteiger partial charge in [-0.3, -0.25) is 4.90 Å². The van der Waals surface area contributed by atoms with E-state index in [-0.39, 0.29) is 0 Å². The zero-order valence-corrected chi connectivity index (χ0v) is 12.4. The number of hydrogen-bond acceptors (Lipinski definition) is 4. The minimum Gasteiger partial charge on any atom is -0.370 e. The van der Waals surface area contributed by atoms with E-state index in [1.165, 1.54) is 0 Å². The standard InChI is InChI=1S/C14H21ClN4/c1-3-9-17-14-7-6-12(15)13(18-14)11-19(4-2)10-5-8-16/h6-7H,3-5,9-11H2,1-2H3,(H,17,18). The summed E-state index contributed by atoms with van der Waals surface area (Å²) in [6.07, 6.45) is 1.59. The van der Waals surface area contributed by atoms with Crippen LogP contribution in [0, 0.1) is 11.3 Å². The largest absolute Gasteiger partial charge is 0.370 e. The molecular formula is C14H21ClN4. The molecule has 0 fully saturated rings. The van der Waals surface area contributed by atoms with Crippen LogP contribution in [0.2, 0.25) is 5.02 Å². The average Bonchev–Trinajstić information content (AvgIpc) is 2.43. The Bertz CT molecular complexity index is 428. The van der Waals surface area contributed by atoms with Gasteiger partial charge in [0.2, 0.25) is 0 Å². The molecule has 1 N–H and O–H groups in total. The SMILES string of the molecule is CCCNc1ccc(Cl)c(CN(CC)CCC#N)n1. The molecule has 19 heavy (non-hydrogen) atoms. The molecule has 0 aromatic carbocycles. The van der Waals surface area contributed by atoms with Crippen molar-refractivity contribution in [3.8, 4) is 6.07 Å². The van der Waals surface area contributed by atoms with Crippen LogP contribution < -0.4 is 5.32 Å². The van der Waals surface area contributed by atoms with Gasteiger partial charge in [-0.05, 0) is 25.1 Å². The second kappa shape index (κ2) is 8.73. The predicted molar refractivity (Wildman–Crippen MR) is 79.2 cm³/mol. The third kappa shape index (κ3) is 5.46. The van der Waals surface area contributed by atoms with Gasteiger partial charge in [-0.25, -0.2) is 4.98 Å². The Kier molecular flexibility index (Phi) is 7.24. The van der Waals surface area contributed by atoms with Crippen LogP contribution in [-0.2, 0) is 6.54 Å². The molecule has 0 bridgehead atoms. The molecule has 0 amide bonds. The number of hydrogen-bond donors (Lipinski definition) is 1. The van der Waals surface area contributed by atoms with Crippen molar-refractivity contribution in [3.63, 3.8) is 0 Å². The molecule has 4 nitrogen and oxygen atoms in total. The zero-order chi connectivity index (χ0) is 14.1. The highest BCUT2D eigenvalue weighted by atomic mass is 35.5. The average molecular weight is 281 g/mol. The third-order valence-electron chi connectivity index (χ3n) is 2.84. The maximum Gasteiger partial charge on any atom is 0.126 e. The van der Waals surface area contributed by atoms with Gasteiger partial charge in [0.1, 0.15) is 5.82 Å². The minimum absolute atomic E-state index is 0.527. The van der Waals surface area contributed by atoms with E-state index in [4.69, 9.17) is 16.9 Å². The van der Waals surface area contributed by atoms with Crippen LogP contribution in [0.3, 0.4) is 0 Å². The Morgan fingerprint density at radius 3 is 2.84 bits per heavy atom. The summed E-state index contributed by atoms with van der Waals surface area (Å²) in [6.45, 7) is 7.40. The lowest BCUT2D eigenvalue weighted by atomic mass is 10.3. The third-order valence-corrected chi connectivity index (χ3v) is 3.18. The second-order valence-electron chi connectivity index (χ2n) is 4.33.